The van der Waals surface area contributed by atoms with E-state index in [0.29, 0.717) is 0 Å². The Morgan fingerprint density at radius 3 is 2.16 bits per heavy atom. The Morgan fingerprint density at radius 2 is 1.55 bits per heavy atom. The summed E-state index contributed by atoms with van der Waals surface area (Å²) in [6, 6.07) is 6.54. The molecular weight excluding hydrogens is 504 g/mol. The molecule has 14 heteroatoms. The number of aliphatic hydroxyl groups is 6. The zero-order valence-corrected chi connectivity index (χ0v) is 21.0. The molecule has 0 radical (unpaired) electrons. The standard InChI is InChI=1S/C24H40N4O10/c1-9(29)20-18(33)17(32)14(27)23(36-20)37-21-11(26)7-12(28-10-5-3-2-4-6-10)15(30)22(21)38-24-19(34)16(31)13(8-25)35-24/h2-6,9,11-24,28-34H,7-8,25-27H2,1H3/t9-,11?,12?,13?,14?,15?,16?,17?,18?,19?,20?,21?,22?,23?,24?/m1/s1. The van der Waals surface area contributed by atoms with Gasteiger partial charge in [-0.05, 0) is 25.5 Å². The van der Waals surface area contributed by atoms with Crippen molar-refractivity contribution in [3.05, 3.63) is 30.3 Å². The van der Waals surface area contributed by atoms with Crippen LogP contribution in [0, 0.1) is 0 Å². The van der Waals surface area contributed by atoms with Gasteiger partial charge in [0.1, 0.15) is 54.9 Å². The van der Waals surface area contributed by atoms with E-state index in [1.807, 2.05) is 30.3 Å². The van der Waals surface area contributed by atoms with Crippen molar-refractivity contribution in [3.63, 3.8) is 0 Å². The Bertz CT molecular complexity index is 887. The largest absolute Gasteiger partial charge is 0.391 e. The zero-order chi connectivity index (χ0) is 27.7. The first kappa shape index (κ1) is 29.5. The average molecular weight is 545 g/mol. The summed E-state index contributed by atoms with van der Waals surface area (Å²) in [5.74, 6) is 0. The number of anilines is 1. The number of para-hydroxylation sites is 1. The number of nitrogens with one attached hydrogen (secondary N) is 1. The van der Waals surface area contributed by atoms with E-state index in [4.69, 9.17) is 36.1 Å². The summed E-state index contributed by atoms with van der Waals surface area (Å²) in [5, 5.41) is 66.1. The van der Waals surface area contributed by atoms with Crippen molar-refractivity contribution in [1.29, 1.82) is 0 Å². The van der Waals surface area contributed by atoms with Gasteiger partial charge in [0.2, 0.25) is 0 Å². The predicted molar refractivity (Wildman–Crippen MR) is 132 cm³/mol. The summed E-state index contributed by atoms with van der Waals surface area (Å²) in [6.07, 6.45) is -15.0. The first-order valence-electron chi connectivity index (χ1n) is 12.8. The van der Waals surface area contributed by atoms with Crippen LogP contribution >= 0.6 is 0 Å². The van der Waals surface area contributed by atoms with Gasteiger partial charge in [0, 0.05) is 18.3 Å². The minimum atomic E-state index is -1.48. The van der Waals surface area contributed by atoms with E-state index in [2.05, 4.69) is 5.32 Å². The number of ether oxygens (including phenoxy) is 4. The van der Waals surface area contributed by atoms with Crippen molar-refractivity contribution in [2.45, 2.75) is 105 Å². The monoisotopic (exact) mass is 544 g/mol. The van der Waals surface area contributed by atoms with Crippen LogP contribution in [-0.2, 0) is 18.9 Å². The van der Waals surface area contributed by atoms with Crippen LogP contribution in [0.1, 0.15) is 13.3 Å². The number of hydrogen-bond donors (Lipinski definition) is 10. The number of nitrogens with two attached hydrogens (primary N) is 3. The third kappa shape index (κ3) is 5.97. The number of benzene rings is 1. The maximum absolute atomic E-state index is 11.4. The van der Waals surface area contributed by atoms with Gasteiger partial charge in [-0.1, -0.05) is 18.2 Å². The topological polar surface area (TPSA) is 248 Å². The fraction of sp³-hybridized carbons (Fsp3) is 0.750. The summed E-state index contributed by atoms with van der Waals surface area (Å²) < 4.78 is 23.3. The van der Waals surface area contributed by atoms with Crippen LogP contribution in [0.15, 0.2) is 30.3 Å². The lowest BCUT2D eigenvalue weighted by molar-refractivity contribution is -0.314. The molecule has 14 unspecified atom stereocenters. The molecule has 38 heavy (non-hydrogen) atoms. The minimum absolute atomic E-state index is 0.0747. The van der Waals surface area contributed by atoms with Gasteiger partial charge in [-0.3, -0.25) is 0 Å². The maximum Gasteiger partial charge on any atom is 0.187 e. The molecule has 1 saturated carbocycles. The Balaban J connectivity index is 1.58. The van der Waals surface area contributed by atoms with E-state index in [1.165, 1.54) is 6.92 Å². The molecular formula is C24H40N4O10. The van der Waals surface area contributed by atoms with E-state index in [-0.39, 0.29) is 13.0 Å². The van der Waals surface area contributed by atoms with Crippen LogP contribution in [0.25, 0.3) is 0 Å². The first-order valence-corrected chi connectivity index (χ1v) is 12.8. The molecule has 15 atom stereocenters. The molecule has 13 N–H and O–H groups in total. The molecule has 2 saturated heterocycles. The van der Waals surface area contributed by atoms with Gasteiger partial charge in [0.25, 0.3) is 0 Å². The highest BCUT2D eigenvalue weighted by Crippen LogP contribution is 2.33. The lowest BCUT2D eigenvalue weighted by Crippen LogP contribution is -2.68. The SMILES string of the molecule is C[C@@H](O)C1OC(OC2C(N)CC(Nc3ccccc3)C(O)C2OC2OC(CN)C(O)C2O)C(N)C(O)C1O. The van der Waals surface area contributed by atoms with Gasteiger partial charge in [-0.25, -0.2) is 0 Å². The Morgan fingerprint density at radius 1 is 0.895 bits per heavy atom. The minimum Gasteiger partial charge on any atom is -0.391 e. The third-order valence-corrected chi connectivity index (χ3v) is 7.44. The molecule has 1 aliphatic carbocycles. The van der Waals surface area contributed by atoms with Gasteiger partial charge in [0.05, 0.1) is 18.2 Å². The Labute approximate surface area is 220 Å². The van der Waals surface area contributed by atoms with Gasteiger partial charge in [-0.15, -0.1) is 0 Å². The van der Waals surface area contributed by atoms with E-state index in [9.17, 15) is 30.6 Å². The molecule has 1 aromatic rings. The highest BCUT2D eigenvalue weighted by Gasteiger charge is 2.53. The lowest BCUT2D eigenvalue weighted by Gasteiger charge is -2.48. The van der Waals surface area contributed by atoms with Crippen molar-refractivity contribution >= 4 is 5.69 Å². The van der Waals surface area contributed by atoms with E-state index in [0.717, 1.165) is 5.69 Å². The van der Waals surface area contributed by atoms with E-state index >= 15 is 0 Å². The molecule has 3 aliphatic rings. The number of rotatable bonds is 8. The predicted octanol–water partition coefficient (Wildman–Crippen LogP) is -4.11. The maximum atomic E-state index is 11.4. The smallest absolute Gasteiger partial charge is 0.187 e. The summed E-state index contributed by atoms with van der Waals surface area (Å²) in [7, 11) is 0. The lowest BCUT2D eigenvalue weighted by atomic mass is 9.83. The number of hydrogen-bond acceptors (Lipinski definition) is 14. The second kappa shape index (κ2) is 12.3. The molecule has 0 bridgehead atoms. The van der Waals surface area contributed by atoms with Crippen LogP contribution in [0.5, 0.6) is 0 Å². The summed E-state index contributed by atoms with van der Waals surface area (Å²) in [6.45, 7) is 1.31. The van der Waals surface area contributed by atoms with E-state index in [1.54, 1.807) is 0 Å². The molecule has 2 aliphatic heterocycles. The van der Waals surface area contributed by atoms with Crippen LogP contribution in [0.3, 0.4) is 0 Å². The van der Waals surface area contributed by atoms with Gasteiger partial charge >= 0.3 is 0 Å². The van der Waals surface area contributed by atoms with Gasteiger partial charge < -0.3 is 72.1 Å². The highest BCUT2D eigenvalue weighted by molar-refractivity contribution is 5.44. The molecule has 2 heterocycles. The van der Waals surface area contributed by atoms with Gasteiger partial charge in [-0.2, -0.15) is 0 Å². The van der Waals surface area contributed by atoms with Crippen LogP contribution in [-0.4, -0.2) is 129 Å². The normalized spacial score (nSPS) is 46.6. The molecule has 3 fully saturated rings. The molecule has 216 valence electrons. The first-order chi connectivity index (χ1) is 18.0. The summed E-state index contributed by atoms with van der Waals surface area (Å²) in [4.78, 5) is 0. The van der Waals surface area contributed by atoms with Crippen LogP contribution < -0.4 is 22.5 Å². The second-order valence-electron chi connectivity index (χ2n) is 10.2. The van der Waals surface area contributed by atoms with Crippen molar-refractivity contribution in [3.8, 4) is 0 Å². The van der Waals surface area contributed by atoms with Crippen molar-refractivity contribution in [2.24, 2.45) is 17.2 Å². The van der Waals surface area contributed by atoms with E-state index < -0.39 is 91.7 Å². The van der Waals surface area contributed by atoms with Gasteiger partial charge in [0.15, 0.2) is 12.6 Å². The van der Waals surface area contributed by atoms with Crippen LogP contribution in [0.2, 0.25) is 0 Å². The summed E-state index contributed by atoms with van der Waals surface area (Å²) >= 11 is 0. The molecule has 4 rings (SSSR count). The third-order valence-electron chi connectivity index (χ3n) is 7.44. The molecule has 0 amide bonds. The Hall–Kier alpha value is -1.50. The quantitative estimate of drug-likeness (QED) is 0.149. The van der Waals surface area contributed by atoms with Crippen LogP contribution in [0.4, 0.5) is 5.69 Å². The van der Waals surface area contributed by atoms with Crippen molar-refractivity contribution < 1.29 is 49.6 Å². The highest BCUT2D eigenvalue weighted by atomic mass is 16.7. The van der Waals surface area contributed by atoms with Crippen molar-refractivity contribution in [2.75, 3.05) is 11.9 Å². The number of aliphatic hydroxyl groups excluding tert-OH is 6. The Kier molecular flexibility index (Phi) is 9.58. The molecule has 1 aromatic carbocycles. The molecule has 0 spiro atoms. The zero-order valence-electron chi connectivity index (χ0n) is 21.0. The second-order valence-corrected chi connectivity index (χ2v) is 10.2. The fourth-order valence-corrected chi connectivity index (χ4v) is 5.23. The molecule has 14 nitrogen and oxygen atoms in total. The fourth-order valence-electron chi connectivity index (χ4n) is 5.23. The molecule has 0 aromatic heterocycles. The summed E-state index contributed by atoms with van der Waals surface area (Å²) in [5.41, 5.74) is 18.9. The van der Waals surface area contributed by atoms with Crippen molar-refractivity contribution in [1.82, 2.24) is 0 Å². The average Bonchev–Trinajstić information content (AvgIpc) is 3.17.